The quantitative estimate of drug-likeness (QED) is 0.796. The molecule has 0 spiro atoms. The highest BCUT2D eigenvalue weighted by Gasteiger charge is 2.13. The molecule has 0 amide bonds. The summed E-state index contributed by atoms with van der Waals surface area (Å²) in [6.45, 7) is 12.8. The van der Waals surface area contributed by atoms with E-state index in [1.807, 2.05) is 0 Å². The van der Waals surface area contributed by atoms with E-state index < -0.39 is 0 Å². The third kappa shape index (κ3) is 3.84. The molecule has 21 heavy (non-hydrogen) atoms. The molecule has 0 saturated heterocycles. The van der Waals surface area contributed by atoms with Crippen LogP contribution in [0.3, 0.4) is 0 Å². The van der Waals surface area contributed by atoms with Crippen molar-refractivity contribution >= 4 is 33.3 Å². The maximum absolute atomic E-state index is 4.64. The van der Waals surface area contributed by atoms with Crippen molar-refractivity contribution < 1.29 is 0 Å². The van der Waals surface area contributed by atoms with Gasteiger partial charge in [-0.3, -0.25) is 0 Å². The fraction of sp³-hybridized carbons (Fsp3) is 0.625. The van der Waals surface area contributed by atoms with Crippen molar-refractivity contribution in [3.8, 4) is 0 Å². The molecule has 0 aliphatic rings. The number of aryl methyl sites for hydroxylation is 1. The zero-order chi connectivity index (χ0) is 15.4. The molecule has 0 aliphatic heterocycles. The van der Waals surface area contributed by atoms with Crippen LogP contribution in [-0.4, -0.2) is 23.1 Å². The highest BCUT2D eigenvalue weighted by Crippen LogP contribution is 2.30. The minimum absolute atomic E-state index is 0.613. The summed E-state index contributed by atoms with van der Waals surface area (Å²) in [4.78, 5) is 11.7. The molecular formula is C16H26N4S. The van der Waals surface area contributed by atoms with Gasteiger partial charge in [0.05, 0.1) is 5.39 Å². The molecule has 2 aromatic heterocycles. The summed E-state index contributed by atoms with van der Waals surface area (Å²) in [5.74, 6) is 2.95. The number of aromatic nitrogens is 2. The van der Waals surface area contributed by atoms with E-state index in [1.54, 1.807) is 11.3 Å². The lowest BCUT2D eigenvalue weighted by Gasteiger charge is -2.17. The van der Waals surface area contributed by atoms with Crippen LogP contribution in [-0.2, 0) is 6.42 Å². The number of nitrogens with zero attached hydrogens (tertiary/aromatic N) is 2. The fourth-order valence-electron chi connectivity index (χ4n) is 2.01. The van der Waals surface area contributed by atoms with Crippen molar-refractivity contribution in [3.05, 3.63) is 10.9 Å². The summed E-state index contributed by atoms with van der Waals surface area (Å²) in [5, 5.41) is 7.89. The predicted molar refractivity (Wildman–Crippen MR) is 93.4 cm³/mol. The Labute approximate surface area is 131 Å². The van der Waals surface area contributed by atoms with Gasteiger partial charge in [-0.15, -0.1) is 11.3 Å². The molecule has 0 radical (unpaired) electrons. The molecule has 116 valence electrons. The SMILES string of the molecule is CCNc1nc(NCC(C)C(C)C)c2cc(CC)sc2n1. The van der Waals surface area contributed by atoms with Gasteiger partial charge in [0, 0.05) is 18.0 Å². The molecule has 2 aromatic rings. The van der Waals surface area contributed by atoms with E-state index in [0.717, 1.165) is 35.5 Å². The van der Waals surface area contributed by atoms with Crippen LogP contribution >= 0.6 is 11.3 Å². The summed E-state index contributed by atoms with van der Waals surface area (Å²) in [7, 11) is 0. The van der Waals surface area contributed by atoms with Gasteiger partial charge in [-0.25, -0.2) is 4.98 Å². The predicted octanol–water partition coefficient (Wildman–Crippen LogP) is 4.39. The molecular weight excluding hydrogens is 280 g/mol. The molecule has 0 aromatic carbocycles. The van der Waals surface area contributed by atoms with Gasteiger partial charge in [0.2, 0.25) is 5.95 Å². The number of nitrogens with one attached hydrogen (secondary N) is 2. The van der Waals surface area contributed by atoms with Crippen LogP contribution in [0.5, 0.6) is 0 Å². The van der Waals surface area contributed by atoms with Gasteiger partial charge in [-0.2, -0.15) is 4.98 Å². The van der Waals surface area contributed by atoms with E-state index in [-0.39, 0.29) is 0 Å². The normalized spacial score (nSPS) is 12.9. The Balaban J connectivity index is 2.31. The zero-order valence-electron chi connectivity index (χ0n) is 13.7. The lowest BCUT2D eigenvalue weighted by atomic mass is 9.98. The maximum Gasteiger partial charge on any atom is 0.226 e. The van der Waals surface area contributed by atoms with Gasteiger partial charge in [-0.05, 0) is 31.2 Å². The first kappa shape index (κ1) is 16.0. The number of hydrogen-bond acceptors (Lipinski definition) is 5. The van der Waals surface area contributed by atoms with Crippen molar-refractivity contribution in [2.45, 2.75) is 41.0 Å². The van der Waals surface area contributed by atoms with Gasteiger partial charge in [-0.1, -0.05) is 27.7 Å². The fourth-order valence-corrected chi connectivity index (χ4v) is 2.98. The Hall–Kier alpha value is -1.36. The van der Waals surface area contributed by atoms with Crippen LogP contribution in [0.4, 0.5) is 11.8 Å². The van der Waals surface area contributed by atoms with Gasteiger partial charge in [0.25, 0.3) is 0 Å². The Morgan fingerprint density at radius 2 is 1.90 bits per heavy atom. The van der Waals surface area contributed by atoms with E-state index in [4.69, 9.17) is 0 Å². The number of fused-ring (bicyclic) bond motifs is 1. The first-order valence-corrected chi connectivity index (χ1v) is 8.65. The molecule has 5 heteroatoms. The van der Waals surface area contributed by atoms with Gasteiger partial charge >= 0.3 is 0 Å². The highest BCUT2D eigenvalue weighted by atomic mass is 32.1. The van der Waals surface area contributed by atoms with E-state index in [2.05, 4.69) is 61.3 Å². The van der Waals surface area contributed by atoms with Crippen molar-refractivity contribution in [3.63, 3.8) is 0 Å². The van der Waals surface area contributed by atoms with Crippen LogP contribution in [0, 0.1) is 11.8 Å². The number of hydrogen-bond donors (Lipinski definition) is 2. The second-order valence-corrected chi connectivity index (χ2v) is 6.93. The lowest BCUT2D eigenvalue weighted by Crippen LogP contribution is -2.17. The van der Waals surface area contributed by atoms with Crippen LogP contribution in [0.2, 0.25) is 0 Å². The summed E-state index contributed by atoms with van der Waals surface area (Å²) in [6.07, 6.45) is 1.04. The average molecular weight is 306 g/mol. The maximum atomic E-state index is 4.64. The third-order valence-corrected chi connectivity index (χ3v) is 5.03. The summed E-state index contributed by atoms with van der Waals surface area (Å²) in [5.41, 5.74) is 0. The van der Waals surface area contributed by atoms with Gasteiger partial charge in [0.15, 0.2) is 0 Å². The third-order valence-electron chi connectivity index (χ3n) is 3.86. The Kier molecular flexibility index (Phi) is 5.39. The molecule has 1 atom stereocenters. The first-order chi connectivity index (χ1) is 10.0. The first-order valence-electron chi connectivity index (χ1n) is 7.83. The van der Waals surface area contributed by atoms with Crippen molar-refractivity contribution in [2.75, 3.05) is 23.7 Å². The monoisotopic (exact) mass is 306 g/mol. The number of thiophene rings is 1. The van der Waals surface area contributed by atoms with Gasteiger partial charge in [0.1, 0.15) is 10.6 Å². The minimum Gasteiger partial charge on any atom is -0.369 e. The second-order valence-electron chi connectivity index (χ2n) is 5.81. The summed E-state index contributed by atoms with van der Waals surface area (Å²) >= 11 is 1.76. The van der Waals surface area contributed by atoms with Crippen LogP contribution < -0.4 is 10.6 Å². The highest BCUT2D eigenvalue weighted by molar-refractivity contribution is 7.18. The van der Waals surface area contributed by atoms with E-state index in [0.29, 0.717) is 17.8 Å². The average Bonchev–Trinajstić information content (AvgIpc) is 2.87. The standard InChI is InChI=1S/C16H26N4S/c1-6-12-8-13-14(18-9-11(5)10(3)4)19-16(17-7-2)20-15(13)21-12/h8,10-11H,6-7,9H2,1-5H3,(H2,17,18,19,20). The number of anilines is 2. The molecule has 2 heterocycles. The molecule has 1 unspecified atom stereocenters. The van der Waals surface area contributed by atoms with Crippen LogP contribution in [0.1, 0.15) is 39.5 Å². The Morgan fingerprint density at radius 1 is 1.14 bits per heavy atom. The molecule has 0 aliphatic carbocycles. The summed E-state index contributed by atoms with van der Waals surface area (Å²) in [6, 6.07) is 2.22. The molecule has 0 bridgehead atoms. The topological polar surface area (TPSA) is 49.8 Å². The number of rotatable bonds is 7. The van der Waals surface area contributed by atoms with Crippen LogP contribution in [0.25, 0.3) is 10.2 Å². The van der Waals surface area contributed by atoms with E-state index in [9.17, 15) is 0 Å². The van der Waals surface area contributed by atoms with Crippen molar-refractivity contribution in [2.24, 2.45) is 11.8 Å². The van der Waals surface area contributed by atoms with E-state index in [1.165, 1.54) is 4.88 Å². The molecule has 0 fully saturated rings. The molecule has 0 saturated carbocycles. The minimum atomic E-state index is 0.613. The second kappa shape index (κ2) is 7.07. The van der Waals surface area contributed by atoms with Crippen molar-refractivity contribution in [1.29, 1.82) is 0 Å². The zero-order valence-corrected chi connectivity index (χ0v) is 14.5. The van der Waals surface area contributed by atoms with Gasteiger partial charge < -0.3 is 10.6 Å². The molecule has 4 nitrogen and oxygen atoms in total. The largest absolute Gasteiger partial charge is 0.369 e. The van der Waals surface area contributed by atoms with Crippen molar-refractivity contribution in [1.82, 2.24) is 9.97 Å². The van der Waals surface area contributed by atoms with Crippen LogP contribution in [0.15, 0.2) is 6.07 Å². The molecule has 2 N–H and O–H groups in total. The summed E-state index contributed by atoms with van der Waals surface area (Å²) < 4.78 is 0. The molecule has 2 rings (SSSR count). The smallest absolute Gasteiger partial charge is 0.226 e. The Bertz CT molecular complexity index is 591. The van der Waals surface area contributed by atoms with E-state index >= 15 is 0 Å². The lowest BCUT2D eigenvalue weighted by molar-refractivity contribution is 0.439. The Morgan fingerprint density at radius 3 is 2.52 bits per heavy atom.